The molecule has 0 aliphatic carbocycles. The molecule has 6 heteroatoms. The van der Waals surface area contributed by atoms with E-state index in [0.29, 0.717) is 11.3 Å². The molecule has 0 aliphatic heterocycles. The molecule has 3 aromatic rings. The van der Waals surface area contributed by atoms with Gasteiger partial charge in [-0.05, 0) is 55.2 Å². The van der Waals surface area contributed by atoms with Crippen LogP contribution in [0.5, 0.6) is 5.75 Å². The topological polar surface area (TPSA) is 68.5 Å². The number of hydrogen-bond acceptors (Lipinski definition) is 4. The maximum atomic E-state index is 13.9. The fraction of sp³-hybridized carbons (Fsp3) is 0.273. The van der Waals surface area contributed by atoms with E-state index in [1.165, 1.54) is 18.2 Å². The Kier molecular flexibility index (Phi) is 5.49. The van der Waals surface area contributed by atoms with Crippen LogP contribution in [0.2, 0.25) is 0 Å². The zero-order chi connectivity index (χ0) is 20.4. The lowest BCUT2D eigenvalue weighted by Crippen LogP contribution is -2.30. The smallest absolute Gasteiger partial charge is 0.336 e. The number of carbonyl (C=O) groups excluding carboxylic acids is 1. The van der Waals surface area contributed by atoms with Gasteiger partial charge in [0, 0.05) is 17.5 Å². The normalized spacial score (nSPS) is 12.2. The largest absolute Gasteiger partial charge is 0.481 e. The molecule has 3 rings (SSSR count). The van der Waals surface area contributed by atoms with E-state index in [4.69, 9.17) is 9.15 Å². The second kappa shape index (κ2) is 7.84. The van der Waals surface area contributed by atoms with Gasteiger partial charge in [0.25, 0.3) is 5.91 Å². The number of carbonyl (C=O) groups is 1. The lowest BCUT2D eigenvalue weighted by atomic mass is 10.00. The molecular weight excluding hydrogens is 361 g/mol. The Hall–Kier alpha value is -3.15. The average Bonchev–Trinajstić information content (AvgIpc) is 2.62. The highest BCUT2D eigenvalue weighted by molar-refractivity contribution is 5.94. The van der Waals surface area contributed by atoms with Crippen molar-refractivity contribution in [2.24, 2.45) is 0 Å². The molecule has 1 atom stereocenters. The maximum absolute atomic E-state index is 13.9. The van der Waals surface area contributed by atoms with Crippen molar-refractivity contribution >= 4 is 22.6 Å². The molecule has 0 bridgehead atoms. The van der Waals surface area contributed by atoms with Crippen LogP contribution in [0, 0.1) is 12.7 Å². The molecule has 1 N–H and O–H groups in total. The van der Waals surface area contributed by atoms with Gasteiger partial charge in [0.2, 0.25) is 0 Å². The molecule has 0 spiro atoms. The number of anilines is 1. The van der Waals surface area contributed by atoms with Crippen LogP contribution in [-0.2, 0) is 4.79 Å². The molecule has 0 fully saturated rings. The molecule has 1 heterocycles. The van der Waals surface area contributed by atoms with Crippen LogP contribution in [0.25, 0.3) is 11.0 Å². The van der Waals surface area contributed by atoms with E-state index in [0.717, 1.165) is 16.5 Å². The highest BCUT2D eigenvalue weighted by Crippen LogP contribution is 2.27. The fourth-order valence-corrected chi connectivity index (χ4v) is 2.93. The van der Waals surface area contributed by atoms with Gasteiger partial charge in [-0.3, -0.25) is 4.79 Å². The molecule has 1 unspecified atom stereocenters. The van der Waals surface area contributed by atoms with Crippen LogP contribution >= 0.6 is 0 Å². The predicted octanol–water partition coefficient (Wildman–Crippen LogP) is 4.77. The molecule has 28 heavy (non-hydrogen) atoms. The van der Waals surface area contributed by atoms with Crippen LogP contribution in [0.4, 0.5) is 10.1 Å². The zero-order valence-corrected chi connectivity index (χ0v) is 16.2. The summed E-state index contributed by atoms with van der Waals surface area (Å²) < 4.78 is 24.9. The quantitative estimate of drug-likeness (QED) is 0.645. The monoisotopic (exact) mass is 383 g/mol. The van der Waals surface area contributed by atoms with E-state index in [9.17, 15) is 14.0 Å². The summed E-state index contributed by atoms with van der Waals surface area (Å²) in [5.41, 5.74) is 1.70. The molecule has 1 amide bonds. The van der Waals surface area contributed by atoms with Gasteiger partial charge in [0.1, 0.15) is 17.1 Å². The Bertz CT molecular complexity index is 1090. The molecule has 1 aromatic heterocycles. The molecule has 0 aliphatic rings. The highest BCUT2D eigenvalue weighted by Gasteiger charge is 2.17. The summed E-state index contributed by atoms with van der Waals surface area (Å²) in [7, 11) is 0. The Morgan fingerprint density at radius 3 is 2.54 bits per heavy atom. The van der Waals surface area contributed by atoms with E-state index in [2.05, 4.69) is 5.32 Å². The van der Waals surface area contributed by atoms with Crippen molar-refractivity contribution in [3.63, 3.8) is 0 Å². The van der Waals surface area contributed by atoms with Crippen molar-refractivity contribution in [2.75, 3.05) is 5.32 Å². The number of rotatable bonds is 5. The molecule has 0 radical (unpaired) electrons. The third kappa shape index (κ3) is 4.22. The summed E-state index contributed by atoms with van der Waals surface area (Å²) in [6, 6.07) is 11.1. The maximum Gasteiger partial charge on any atom is 0.336 e. The van der Waals surface area contributed by atoms with Crippen molar-refractivity contribution in [2.45, 2.75) is 39.7 Å². The number of aryl methyl sites for hydroxylation is 1. The zero-order valence-electron chi connectivity index (χ0n) is 16.2. The summed E-state index contributed by atoms with van der Waals surface area (Å²) in [4.78, 5) is 24.1. The molecule has 5 nitrogen and oxygen atoms in total. The molecule has 146 valence electrons. The lowest BCUT2D eigenvalue weighted by molar-refractivity contribution is -0.122. The number of fused-ring (bicyclic) bond motifs is 1. The molecule has 0 saturated heterocycles. The molecule has 0 saturated carbocycles. The van der Waals surface area contributed by atoms with E-state index in [1.807, 2.05) is 13.8 Å². The summed E-state index contributed by atoms with van der Waals surface area (Å²) in [5.74, 6) is -0.453. The summed E-state index contributed by atoms with van der Waals surface area (Å²) in [6.45, 7) is 7.32. The Balaban J connectivity index is 1.79. The van der Waals surface area contributed by atoms with Gasteiger partial charge in [-0.2, -0.15) is 0 Å². The van der Waals surface area contributed by atoms with E-state index in [1.54, 1.807) is 38.1 Å². The van der Waals surface area contributed by atoms with Gasteiger partial charge in [-0.15, -0.1) is 0 Å². The minimum Gasteiger partial charge on any atom is -0.481 e. The number of nitrogens with one attached hydrogen (secondary N) is 1. The second-order valence-electron chi connectivity index (χ2n) is 7.07. The van der Waals surface area contributed by atoms with Crippen LogP contribution in [-0.4, -0.2) is 12.0 Å². The van der Waals surface area contributed by atoms with Crippen molar-refractivity contribution in [3.8, 4) is 5.75 Å². The Labute approximate surface area is 162 Å². The summed E-state index contributed by atoms with van der Waals surface area (Å²) in [5, 5.41) is 3.34. The van der Waals surface area contributed by atoms with Gasteiger partial charge in [-0.25, -0.2) is 9.18 Å². The Morgan fingerprint density at radius 2 is 1.86 bits per heavy atom. The van der Waals surface area contributed by atoms with Gasteiger partial charge >= 0.3 is 5.63 Å². The third-order valence-corrected chi connectivity index (χ3v) is 4.43. The van der Waals surface area contributed by atoms with Crippen molar-refractivity contribution in [1.29, 1.82) is 0 Å². The van der Waals surface area contributed by atoms with Gasteiger partial charge in [0.05, 0.1) is 5.69 Å². The number of ether oxygens (including phenoxy) is 1. The number of benzene rings is 2. The number of amides is 1. The molecule has 2 aromatic carbocycles. The number of hydrogen-bond donors (Lipinski definition) is 1. The first-order valence-corrected chi connectivity index (χ1v) is 9.06. The van der Waals surface area contributed by atoms with Crippen LogP contribution in [0.1, 0.15) is 37.8 Å². The SMILES string of the molecule is Cc1ccc(NC(=O)C(C)Oc2ccc3c(C(C)C)cc(=O)oc3c2)c(F)c1. The van der Waals surface area contributed by atoms with Crippen molar-refractivity contribution in [3.05, 3.63) is 69.8 Å². The van der Waals surface area contributed by atoms with Gasteiger partial charge < -0.3 is 14.5 Å². The average molecular weight is 383 g/mol. The minimum atomic E-state index is -0.877. The van der Waals surface area contributed by atoms with E-state index < -0.39 is 23.5 Å². The first-order valence-electron chi connectivity index (χ1n) is 9.06. The van der Waals surface area contributed by atoms with Crippen LogP contribution < -0.4 is 15.7 Å². The fourth-order valence-electron chi connectivity index (χ4n) is 2.93. The first-order chi connectivity index (χ1) is 13.2. The lowest BCUT2D eigenvalue weighted by Gasteiger charge is -2.16. The van der Waals surface area contributed by atoms with Gasteiger partial charge in [-0.1, -0.05) is 19.9 Å². The summed E-state index contributed by atoms with van der Waals surface area (Å²) in [6.07, 6.45) is -0.877. The van der Waals surface area contributed by atoms with Crippen molar-refractivity contribution in [1.82, 2.24) is 0 Å². The molecular formula is C22H22FNO4. The summed E-state index contributed by atoms with van der Waals surface area (Å²) >= 11 is 0. The Morgan fingerprint density at radius 1 is 1.11 bits per heavy atom. The van der Waals surface area contributed by atoms with Crippen LogP contribution in [0.3, 0.4) is 0 Å². The van der Waals surface area contributed by atoms with Crippen molar-refractivity contribution < 1.29 is 18.3 Å². The van der Waals surface area contributed by atoms with Crippen LogP contribution in [0.15, 0.2) is 51.7 Å². The van der Waals surface area contributed by atoms with Gasteiger partial charge in [0.15, 0.2) is 6.10 Å². The highest BCUT2D eigenvalue weighted by atomic mass is 19.1. The third-order valence-electron chi connectivity index (χ3n) is 4.43. The predicted molar refractivity (Wildman–Crippen MR) is 106 cm³/mol. The first kappa shape index (κ1) is 19.6. The standard InChI is InChI=1S/C22H22FNO4/c1-12(2)17-11-21(25)28-20-10-15(6-7-16(17)20)27-14(4)22(26)24-19-8-5-13(3)9-18(19)23/h5-12,14H,1-4H3,(H,24,26). The minimum absolute atomic E-state index is 0.0946. The number of halogens is 1. The van der Waals surface area contributed by atoms with E-state index >= 15 is 0 Å². The second-order valence-corrected chi connectivity index (χ2v) is 7.07. The van der Waals surface area contributed by atoms with E-state index in [-0.39, 0.29) is 11.6 Å².